The molecule has 1 nitrogen and oxygen atoms in total. The number of aryl methyl sites for hydroxylation is 2. The van der Waals surface area contributed by atoms with Crippen LogP contribution in [0, 0.1) is 25.8 Å². The lowest BCUT2D eigenvalue weighted by Gasteiger charge is -2.10. The van der Waals surface area contributed by atoms with Crippen LogP contribution in [0.25, 0.3) is 0 Å². The van der Waals surface area contributed by atoms with E-state index in [-0.39, 0.29) is 0 Å². The largest absolute Gasteiger partial charge is 0.257 e. The Hall–Kier alpha value is -0.850. The highest BCUT2D eigenvalue weighted by molar-refractivity contribution is 5.30. The van der Waals surface area contributed by atoms with Gasteiger partial charge in [-0.25, -0.2) is 0 Å². The average Bonchev–Trinajstić information content (AvgIpc) is 2.95. The Kier molecular flexibility index (Phi) is 3.08. The number of pyridine rings is 1. The van der Waals surface area contributed by atoms with Gasteiger partial charge in [-0.2, -0.15) is 0 Å². The highest BCUT2D eigenvalue weighted by Gasteiger charge is 2.22. The topological polar surface area (TPSA) is 12.9 Å². The summed E-state index contributed by atoms with van der Waals surface area (Å²) < 4.78 is 0. The Balaban J connectivity index is 2.20. The summed E-state index contributed by atoms with van der Waals surface area (Å²) in [7, 11) is 0. The molecule has 0 unspecified atom stereocenters. The molecule has 0 N–H and O–H groups in total. The molecule has 0 bridgehead atoms. The summed E-state index contributed by atoms with van der Waals surface area (Å²) in [4.78, 5) is 4.68. The van der Waals surface area contributed by atoms with Crippen molar-refractivity contribution in [2.24, 2.45) is 5.92 Å². The molecule has 1 aromatic heterocycles. The van der Waals surface area contributed by atoms with Gasteiger partial charge >= 0.3 is 0 Å². The quantitative estimate of drug-likeness (QED) is 0.729. The van der Waals surface area contributed by atoms with Crippen molar-refractivity contribution in [2.45, 2.75) is 52.9 Å². The molecule has 0 aromatic carbocycles. The zero-order valence-corrected chi connectivity index (χ0v) is 10.1. The maximum absolute atomic E-state index is 4.68. The van der Waals surface area contributed by atoms with Crippen LogP contribution in [0.3, 0.4) is 0 Å². The molecule has 1 radical (unpaired) electrons. The van der Waals surface area contributed by atoms with E-state index in [1.165, 1.54) is 41.8 Å². The summed E-state index contributed by atoms with van der Waals surface area (Å²) in [5.74, 6) is 0.907. The van der Waals surface area contributed by atoms with Crippen molar-refractivity contribution in [3.05, 3.63) is 28.6 Å². The summed E-state index contributed by atoms with van der Waals surface area (Å²) in [6.07, 6.45) is 6.27. The lowest BCUT2D eigenvalue weighted by molar-refractivity contribution is 0.786. The van der Waals surface area contributed by atoms with Gasteiger partial charge in [-0.3, -0.25) is 4.98 Å². The van der Waals surface area contributed by atoms with Gasteiger partial charge in [0.25, 0.3) is 0 Å². The first-order chi connectivity index (χ1) is 7.20. The van der Waals surface area contributed by atoms with Crippen LogP contribution in [0.2, 0.25) is 0 Å². The first kappa shape index (κ1) is 10.7. The van der Waals surface area contributed by atoms with Crippen molar-refractivity contribution >= 4 is 0 Å². The number of hydrogen-bond acceptors (Lipinski definition) is 1. The highest BCUT2D eigenvalue weighted by Crippen LogP contribution is 2.32. The second-order valence-corrected chi connectivity index (χ2v) is 4.77. The van der Waals surface area contributed by atoms with Crippen molar-refractivity contribution in [1.29, 1.82) is 0 Å². The summed E-state index contributed by atoms with van der Waals surface area (Å²) in [5.41, 5.74) is 5.15. The Morgan fingerprint density at radius 2 is 2.07 bits per heavy atom. The van der Waals surface area contributed by atoms with E-state index in [1.807, 2.05) is 0 Å². The van der Waals surface area contributed by atoms with E-state index < -0.39 is 0 Å². The summed E-state index contributed by atoms with van der Waals surface area (Å²) >= 11 is 0. The molecule has 15 heavy (non-hydrogen) atoms. The van der Waals surface area contributed by atoms with Gasteiger partial charge in [0, 0.05) is 17.5 Å². The zero-order chi connectivity index (χ0) is 10.8. The minimum atomic E-state index is 0.907. The number of nitrogens with zero attached hydrogens (tertiary/aromatic N) is 1. The van der Waals surface area contributed by atoms with Crippen LogP contribution in [-0.2, 0) is 12.8 Å². The third kappa shape index (κ3) is 2.58. The van der Waals surface area contributed by atoms with Crippen LogP contribution in [0.15, 0.2) is 0 Å². The maximum Gasteiger partial charge on any atom is 0.0491 e. The predicted molar refractivity (Wildman–Crippen MR) is 63.0 cm³/mol. The van der Waals surface area contributed by atoms with E-state index in [0.717, 1.165) is 18.8 Å². The molecule has 1 aromatic rings. The molecule has 0 spiro atoms. The summed E-state index contributed by atoms with van der Waals surface area (Å²) in [5, 5.41) is 0. The second-order valence-electron chi connectivity index (χ2n) is 4.77. The highest BCUT2D eigenvalue weighted by atomic mass is 14.7. The molecule has 81 valence electrons. The molecule has 1 heteroatoms. The van der Waals surface area contributed by atoms with Crippen LogP contribution >= 0.6 is 0 Å². The molecule has 0 atom stereocenters. The minimum absolute atomic E-state index is 0.907. The van der Waals surface area contributed by atoms with Crippen LogP contribution < -0.4 is 0 Å². The molecule has 0 amide bonds. The first-order valence-corrected chi connectivity index (χ1v) is 6.09. The van der Waals surface area contributed by atoms with Crippen LogP contribution in [0.1, 0.15) is 48.7 Å². The standard InChI is InChI=1S/C14H20N/c1-4-5-14-10(2)8-13(15-11(14)3)9-12-6-7-12/h12H,4-7,9H2,1-3H3. The first-order valence-electron chi connectivity index (χ1n) is 6.09. The van der Waals surface area contributed by atoms with E-state index in [1.54, 1.807) is 0 Å². The van der Waals surface area contributed by atoms with Gasteiger partial charge in [0.05, 0.1) is 0 Å². The Labute approximate surface area is 92.9 Å². The van der Waals surface area contributed by atoms with Gasteiger partial charge in [-0.1, -0.05) is 13.3 Å². The van der Waals surface area contributed by atoms with Gasteiger partial charge in [0.2, 0.25) is 0 Å². The molecule has 1 saturated carbocycles. The van der Waals surface area contributed by atoms with Gasteiger partial charge in [-0.05, 0) is 56.6 Å². The fourth-order valence-electron chi connectivity index (χ4n) is 2.17. The van der Waals surface area contributed by atoms with Crippen LogP contribution in [0.5, 0.6) is 0 Å². The Morgan fingerprint density at radius 3 is 2.60 bits per heavy atom. The van der Waals surface area contributed by atoms with E-state index in [2.05, 4.69) is 31.8 Å². The molecule has 0 aliphatic heterocycles. The van der Waals surface area contributed by atoms with E-state index in [9.17, 15) is 0 Å². The molecule has 1 fully saturated rings. The smallest absolute Gasteiger partial charge is 0.0491 e. The molecule has 1 aliphatic rings. The molecule has 0 saturated heterocycles. The SMILES string of the molecule is CCCc1c(C)[c]c(CC2CC2)nc1C. The zero-order valence-electron chi connectivity index (χ0n) is 10.1. The normalized spacial score (nSPS) is 15.7. The predicted octanol–water partition coefficient (Wildman–Crippen LogP) is 3.40. The number of hydrogen-bond donors (Lipinski definition) is 0. The molecule has 1 heterocycles. The Morgan fingerprint density at radius 1 is 1.33 bits per heavy atom. The van der Waals surface area contributed by atoms with Crippen LogP contribution in [0.4, 0.5) is 0 Å². The van der Waals surface area contributed by atoms with Crippen LogP contribution in [-0.4, -0.2) is 4.98 Å². The Bertz CT molecular complexity index is 327. The maximum atomic E-state index is 4.68. The molecule has 1 aliphatic carbocycles. The molecule has 2 rings (SSSR count). The van der Waals surface area contributed by atoms with Crippen molar-refractivity contribution < 1.29 is 0 Å². The monoisotopic (exact) mass is 202 g/mol. The molecular weight excluding hydrogens is 182 g/mol. The molecular formula is C14H20N. The fraction of sp³-hybridized carbons (Fsp3) is 0.643. The van der Waals surface area contributed by atoms with Gasteiger partial charge < -0.3 is 0 Å². The fourth-order valence-corrected chi connectivity index (χ4v) is 2.17. The van der Waals surface area contributed by atoms with E-state index in [4.69, 9.17) is 0 Å². The van der Waals surface area contributed by atoms with Gasteiger partial charge in [0.1, 0.15) is 0 Å². The third-order valence-electron chi connectivity index (χ3n) is 3.20. The average molecular weight is 202 g/mol. The lowest BCUT2D eigenvalue weighted by atomic mass is 10.0. The van der Waals surface area contributed by atoms with Crippen molar-refractivity contribution in [3.63, 3.8) is 0 Å². The third-order valence-corrected chi connectivity index (χ3v) is 3.20. The van der Waals surface area contributed by atoms with E-state index in [0.29, 0.717) is 0 Å². The number of aromatic nitrogens is 1. The number of rotatable bonds is 4. The summed E-state index contributed by atoms with van der Waals surface area (Å²) in [6, 6.07) is 3.46. The van der Waals surface area contributed by atoms with Crippen molar-refractivity contribution in [2.75, 3.05) is 0 Å². The summed E-state index contributed by atoms with van der Waals surface area (Å²) in [6.45, 7) is 6.54. The second kappa shape index (κ2) is 4.34. The van der Waals surface area contributed by atoms with Crippen molar-refractivity contribution in [3.8, 4) is 0 Å². The van der Waals surface area contributed by atoms with Gasteiger partial charge in [0.15, 0.2) is 0 Å². The lowest BCUT2D eigenvalue weighted by Crippen LogP contribution is -2.02. The minimum Gasteiger partial charge on any atom is -0.257 e. The van der Waals surface area contributed by atoms with Crippen molar-refractivity contribution in [1.82, 2.24) is 4.98 Å². The van der Waals surface area contributed by atoms with E-state index >= 15 is 0 Å². The van der Waals surface area contributed by atoms with Gasteiger partial charge in [-0.15, -0.1) is 0 Å².